The number of ether oxygens (including phenoxy) is 1. The Kier molecular flexibility index (Phi) is 4.70. The topological polar surface area (TPSA) is 62.8 Å². The summed E-state index contributed by atoms with van der Waals surface area (Å²) in [5.74, 6) is 0.682. The maximum atomic E-state index is 6.05. The number of imidazole rings is 1. The molecule has 128 valence electrons. The molecule has 2 N–H and O–H groups in total. The summed E-state index contributed by atoms with van der Waals surface area (Å²) >= 11 is 6.05. The lowest BCUT2D eigenvalue weighted by molar-refractivity contribution is 0.417. The maximum Gasteiger partial charge on any atom is 0.143 e. The molecule has 2 aromatic carbocycles. The Bertz CT molecular complexity index is 1060. The molecular formula is C18H16Cl2N4O. The molecular weight excluding hydrogens is 359 g/mol. The Hall–Kier alpha value is -2.50. The number of anilines is 2. The number of nitrogens with one attached hydrogen (secondary N) is 2. The SMILES string of the molecule is COc1cc(Cl)ccc1Nc1cc(C)[nH]c2ccc3ncnc3c12.Cl. The molecule has 0 radical (unpaired) electrons. The van der Waals surface area contributed by atoms with E-state index in [1.54, 1.807) is 19.5 Å². The van der Waals surface area contributed by atoms with E-state index in [9.17, 15) is 0 Å². The van der Waals surface area contributed by atoms with Crippen molar-refractivity contribution in [2.24, 2.45) is 0 Å². The standard InChI is InChI=1S/C18H15ClN4O.ClH/c1-10-7-15(23-12-4-3-11(19)8-16(12)24-2)17-13(22-10)5-6-14-18(17)21-9-20-14;/h3-9,22-23H,1-2H3;1H. The minimum atomic E-state index is 0. The predicted molar refractivity (Wildman–Crippen MR) is 105 cm³/mol. The minimum Gasteiger partial charge on any atom is -0.495 e. The third kappa shape index (κ3) is 3.08. The van der Waals surface area contributed by atoms with E-state index in [1.807, 2.05) is 37.3 Å². The van der Waals surface area contributed by atoms with Crippen LogP contribution in [0.1, 0.15) is 5.69 Å². The van der Waals surface area contributed by atoms with Gasteiger partial charge in [-0.1, -0.05) is 11.6 Å². The molecule has 4 aromatic rings. The van der Waals surface area contributed by atoms with Crippen LogP contribution in [0.3, 0.4) is 0 Å². The van der Waals surface area contributed by atoms with Gasteiger partial charge in [0.25, 0.3) is 0 Å². The molecule has 0 aliphatic carbocycles. The van der Waals surface area contributed by atoms with Crippen LogP contribution in [0.15, 0.2) is 42.7 Å². The molecule has 7 heteroatoms. The number of hydrogen-bond donors (Lipinski definition) is 2. The fourth-order valence-corrected chi connectivity index (χ4v) is 3.05. The van der Waals surface area contributed by atoms with Crippen molar-refractivity contribution < 1.29 is 4.74 Å². The third-order valence-electron chi connectivity index (χ3n) is 3.94. The summed E-state index contributed by atoms with van der Waals surface area (Å²) < 4.78 is 5.43. The highest BCUT2D eigenvalue weighted by molar-refractivity contribution is 6.30. The van der Waals surface area contributed by atoms with Gasteiger partial charge >= 0.3 is 0 Å². The number of benzene rings is 2. The van der Waals surface area contributed by atoms with E-state index in [2.05, 4.69) is 20.3 Å². The Morgan fingerprint density at radius 3 is 2.72 bits per heavy atom. The van der Waals surface area contributed by atoms with Gasteiger partial charge < -0.3 is 15.0 Å². The number of nitrogens with zero attached hydrogens (tertiary/aromatic N) is 2. The highest BCUT2D eigenvalue weighted by Crippen LogP contribution is 2.35. The molecule has 0 amide bonds. The van der Waals surface area contributed by atoms with Crippen molar-refractivity contribution in [2.45, 2.75) is 6.92 Å². The average molecular weight is 375 g/mol. The summed E-state index contributed by atoms with van der Waals surface area (Å²) in [6.45, 7) is 2.02. The fourth-order valence-electron chi connectivity index (χ4n) is 2.89. The average Bonchev–Trinajstić information content (AvgIpc) is 3.04. The van der Waals surface area contributed by atoms with Gasteiger partial charge in [-0.3, -0.25) is 0 Å². The lowest BCUT2D eigenvalue weighted by Gasteiger charge is -2.15. The first-order chi connectivity index (χ1) is 11.7. The van der Waals surface area contributed by atoms with Crippen molar-refractivity contribution in [3.05, 3.63) is 53.4 Å². The van der Waals surface area contributed by atoms with E-state index in [0.29, 0.717) is 10.8 Å². The summed E-state index contributed by atoms with van der Waals surface area (Å²) in [6.07, 6.45) is 1.58. The molecule has 2 aromatic heterocycles. The van der Waals surface area contributed by atoms with Gasteiger partial charge in [0, 0.05) is 27.7 Å². The largest absolute Gasteiger partial charge is 0.495 e. The number of pyridine rings is 1. The Morgan fingerprint density at radius 2 is 1.92 bits per heavy atom. The molecule has 0 fully saturated rings. The summed E-state index contributed by atoms with van der Waals surface area (Å²) in [5, 5.41) is 5.07. The second-order valence-corrected chi connectivity index (χ2v) is 6.00. The maximum absolute atomic E-state index is 6.05. The van der Waals surface area contributed by atoms with Gasteiger partial charge in [0.15, 0.2) is 0 Å². The van der Waals surface area contributed by atoms with Crippen LogP contribution < -0.4 is 10.1 Å². The van der Waals surface area contributed by atoms with Crippen molar-refractivity contribution >= 4 is 57.3 Å². The summed E-state index contributed by atoms with van der Waals surface area (Å²) in [4.78, 5) is 12.1. The van der Waals surface area contributed by atoms with E-state index in [0.717, 1.165) is 39.0 Å². The monoisotopic (exact) mass is 374 g/mol. The van der Waals surface area contributed by atoms with E-state index in [4.69, 9.17) is 16.3 Å². The van der Waals surface area contributed by atoms with Crippen LogP contribution in [0, 0.1) is 6.92 Å². The van der Waals surface area contributed by atoms with Gasteiger partial charge in [0.05, 0.1) is 24.0 Å². The van der Waals surface area contributed by atoms with Crippen LogP contribution in [0.25, 0.3) is 21.9 Å². The van der Waals surface area contributed by atoms with E-state index in [-0.39, 0.29) is 12.4 Å². The molecule has 0 bridgehead atoms. The summed E-state index contributed by atoms with van der Waals surface area (Å²) in [5.41, 5.74) is 5.54. The van der Waals surface area contributed by atoms with E-state index >= 15 is 0 Å². The molecule has 0 saturated carbocycles. The number of halogens is 2. The molecule has 0 saturated heterocycles. The number of aromatic nitrogens is 3. The normalized spacial score (nSPS) is 10.7. The quantitative estimate of drug-likeness (QED) is 0.514. The number of rotatable bonds is 3. The molecule has 0 spiro atoms. The lowest BCUT2D eigenvalue weighted by atomic mass is 10.1. The zero-order valence-electron chi connectivity index (χ0n) is 13.6. The summed E-state index contributed by atoms with van der Waals surface area (Å²) in [6, 6.07) is 11.5. The molecule has 0 atom stereocenters. The van der Waals surface area contributed by atoms with Gasteiger partial charge in [-0.2, -0.15) is 0 Å². The molecule has 4 rings (SSSR count). The second-order valence-electron chi connectivity index (χ2n) is 5.57. The highest BCUT2D eigenvalue weighted by atomic mass is 35.5. The first kappa shape index (κ1) is 17.3. The van der Waals surface area contributed by atoms with Crippen LogP contribution >= 0.6 is 24.0 Å². The fraction of sp³-hybridized carbons (Fsp3) is 0.111. The predicted octanol–water partition coefficient (Wildman–Crippen LogP) is 5.25. The third-order valence-corrected chi connectivity index (χ3v) is 4.17. The Morgan fingerprint density at radius 1 is 1.08 bits per heavy atom. The molecule has 0 aliphatic heterocycles. The Balaban J connectivity index is 0.00000182. The molecule has 0 aliphatic rings. The smallest absolute Gasteiger partial charge is 0.143 e. The van der Waals surface area contributed by atoms with E-state index < -0.39 is 0 Å². The van der Waals surface area contributed by atoms with Crippen LogP contribution in [0.2, 0.25) is 5.02 Å². The van der Waals surface area contributed by atoms with E-state index in [1.165, 1.54) is 0 Å². The number of aromatic amines is 1. The lowest BCUT2D eigenvalue weighted by Crippen LogP contribution is -1.98. The summed E-state index contributed by atoms with van der Waals surface area (Å²) in [7, 11) is 1.62. The Labute approximate surface area is 155 Å². The number of H-pyrrole nitrogens is 1. The second kappa shape index (κ2) is 6.78. The zero-order valence-corrected chi connectivity index (χ0v) is 15.2. The van der Waals surface area contributed by atoms with Crippen LogP contribution in [-0.2, 0) is 0 Å². The van der Waals surface area contributed by atoms with Crippen molar-refractivity contribution in [1.29, 1.82) is 0 Å². The van der Waals surface area contributed by atoms with Crippen molar-refractivity contribution in [3.8, 4) is 5.75 Å². The zero-order chi connectivity index (χ0) is 16.7. The molecule has 2 heterocycles. The van der Waals surface area contributed by atoms with Crippen molar-refractivity contribution in [2.75, 3.05) is 12.4 Å². The van der Waals surface area contributed by atoms with Crippen molar-refractivity contribution in [3.63, 3.8) is 0 Å². The van der Waals surface area contributed by atoms with Crippen LogP contribution in [0.5, 0.6) is 5.75 Å². The number of hydrogen-bond acceptors (Lipinski definition) is 4. The first-order valence-electron chi connectivity index (χ1n) is 7.49. The van der Waals surface area contributed by atoms with Gasteiger partial charge in [0.1, 0.15) is 17.6 Å². The van der Waals surface area contributed by atoms with Gasteiger partial charge in [0.2, 0.25) is 0 Å². The van der Waals surface area contributed by atoms with Crippen molar-refractivity contribution in [1.82, 2.24) is 15.0 Å². The number of aryl methyl sites for hydroxylation is 1. The molecule has 25 heavy (non-hydrogen) atoms. The first-order valence-corrected chi connectivity index (χ1v) is 7.87. The van der Waals surface area contributed by atoms with Gasteiger partial charge in [-0.05, 0) is 37.3 Å². The minimum absolute atomic E-state index is 0. The molecule has 5 nitrogen and oxygen atoms in total. The highest BCUT2D eigenvalue weighted by Gasteiger charge is 2.12. The number of methoxy groups -OCH3 is 1. The number of fused-ring (bicyclic) bond motifs is 3. The van der Waals surface area contributed by atoms with Gasteiger partial charge in [-0.25, -0.2) is 9.97 Å². The molecule has 0 unspecified atom stereocenters. The van der Waals surface area contributed by atoms with Crippen LogP contribution in [-0.4, -0.2) is 22.1 Å². The van der Waals surface area contributed by atoms with Gasteiger partial charge in [-0.15, -0.1) is 12.4 Å². The van der Waals surface area contributed by atoms with Crippen LogP contribution in [0.4, 0.5) is 11.4 Å².